The Bertz CT molecular complexity index is 626. The first-order valence-electron chi connectivity index (χ1n) is 8.44. The van der Waals surface area contributed by atoms with Gasteiger partial charge in [0.1, 0.15) is 5.82 Å². The third-order valence-corrected chi connectivity index (χ3v) is 4.95. The van der Waals surface area contributed by atoms with Gasteiger partial charge in [0.25, 0.3) is 0 Å². The Morgan fingerprint density at radius 3 is 2.67 bits per heavy atom. The number of methoxy groups -OCH3 is 1. The largest absolute Gasteiger partial charge is 0.469 e. The van der Waals surface area contributed by atoms with Gasteiger partial charge in [0.05, 0.1) is 13.0 Å². The fourth-order valence-electron chi connectivity index (χ4n) is 3.43. The molecule has 130 valence electrons. The lowest BCUT2D eigenvalue weighted by atomic mass is 9.97. The average Bonchev–Trinajstić information content (AvgIpc) is 3.38. The van der Waals surface area contributed by atoms with Crippen LogP contribution < -0.4 is 5.32 Å². The highest BCUT2D eigenvalue weighted by Gasteiger charge is 2.41. The number of hydrogen-bond donors (Lipinski definition) is 1. The fourth-order valence-corrected chi connectivity index (χ4v) is 3.43. The van der Waals surface area contributed by atoms with Crippen molar-refractivity contribution in [3.63, 3.8) is 0 Å². The predicted octanol–water partition coefficient (Wildman–Crippen LogP) is 2.14. The van der Waals surface area contributed by atoms with Crippen molar-refractivity contribution in [3.05, 3.63) is 35.6 Å². The number of carbonyl (C=O) groups is 1. The average molecular weight is 333 g/mol. The smallest absolute Gasteiger partial charge is 0.308 e. The minimum Gasteiger partial charge on any atom is -0.469 e. The highest BCUT2D eigenvalue weighted by molar-refractivity contribution is 5.81. The number of piperidine rings is 1. The van der Waals surface area contributed by atoms with Gasteiger partial charge < -0.3 is 15.0 Å². The molecule has 0 aromatic heterocycles. The summed E-state index contributed by atoms with van der Waals surface area (Å²) in [6.45, 7) is 1.55. The zero-order chi connectivity index (χ0) is 17.1. The summed E-state index contributed by atoms with van der Waals surface area (Å²) < 4.78 is 18.7. The number of nitrogens with zero attached hydrogens (tertiary/aromatic N) is 2. The minimum atomic E-state index is -0.138. The lowest BCUT2D eigenvalue weighted by Crippen LogP contribution is -2.47. The van der Waals surface area contributed by atoms with Gasteiger partial charge in [-0.3, -0.25) is 9.79 Å². The first-order valence-corrected chi connectivity index (χ1v) is 8.44. The van der Waals surface area contributed by atoms with Gasteiger partial charge in [0.15, 0.2) is 5.96 Å². The van der Waals surface area contributed by atoms with Crippen LogP contribution in [0, 0.1) is 11.7 Å². The molecule has 5 nitrogen and oxygen atoms in total. The van der Waals surface area contributed by atoms with E-state index in [1.54, 1.807) is 13.1 Å². The molecule has 2 aliphatic rings. The number of esters is 1. The van der Waals surface area contributed by atoms with Crippen LogP contribution in [-0.4, -0.2) is 50.1 Å². The number of benzene rings is 1. The van der Waals surface area contributed by atoms with Crippen molar-refractivity contribution in [2.45, 2.75) is 31.2 Å². The third kappa shape index (κ3) is 3.52. The van der Waals surface area contributed by atoms with E-state index in [9.17, 15) is 9.18 Å². The van der Waals surface area contributed by atoms with E-state index < -0.39 is 0 Å². The normalized spacial score (nSPS) is 24.6. The lowest BCUT2D eigenvalue weighted by molar-refractivity contribution is -0.146. The van der Waals surface area contributed by atoms with Crippen LogP contribution >= 0.6 is 0 Å². The summed E-state index contributed by atoms with van der Waals surface area (Å²) in [6, 6.07) is 7.18. The molecule has 1 aromatic carbocycles. The molecule has 0 spiro atoms. The van der Waals surface area contributed by atoms with Crippen molar-refractivity contribution < 1.29 is 13.9 Å². The van der Waals surface area contributed by atoms with Gasteiger partial charge in [0, 0.05) is 32.1 Å². The Kier molecular flexibility index (Phi) is 5.02. The van der Waals surface area contributed by atoms with E-state index in [4.69, 9.17) is 4.74 Å². The Labute approximate surface area is 141 Å². The molecule has 1 aromatic rings. The number of guanidine groups is 1. The van der Waals surface area contributed by atoms with E-state index in [1.165, 1.54) is 13.2 Å². The molecule has 3 rings (SSSR count). The van der Waals surface area contributed by atoms with Gasteiger partial charge in [-0.2, -0.15) is 0 Å². The SMILES string of the molecule is CN=C(NC1CC1c1ccccc1F)N1CCC(C(=O)OC)CC1. The molecular formula is C18H24FN3O2. The molecule has 1 aliphatic carbocycles. The zero-order valence-corrected chi connectivity index (χ0v) is 14.2. The first-order chi connectivity index (χ1) is 11.6. The number of ether oxygens (including phenoxy) is 1. The topological polar surface area (TPSA) is 53.9 Å². The van der Waals surface area contributed by atoms with Crippen molar-refractivity contribution >= 4 is 11.9 Å². The molecule has 0 bridgehead atoms. The summed E-state index contributed by atoms with van der Waals surface area (Å²) in [5.74, 6) is 0.759. The van der Waals surface area contributed by atoms with Crippen LogP contribution in [0.3, 0.4) is 0 Å². The standard InChI is InChI=1S/C18H24FN3O2/c1-20-18(22-9-7-12(8-10-22)17(23)24-2)21-16-11-14(16)13-5-3-4-6-15(13)19/h3-6,12,14,16H,7-11H2,1-2H3,(H,20,21). The second kappa shape index (κ2) is 7.20. The molecule has 1 saturated heterocycles. The summed E-state index contributed by atoms with van der Waals surface area (Å²) in [5, 5.41) is 3.44. The van der Waals surface area contributed by atoms with Crippen LogP contribution in [0.15, 0.2) is 29.3 Å². The lowest BCUT2D eigenvalue weighted by Gasteiger charge is -2.33. The summed E-state index contributed by atoms with van der Waals surface area (Å²) in [4.78, 5) is 18.1. The van der Waals surface area contributed by atoms with Gasteiger partial charge >= 0.3 is 5.97 Å². The second-order valence-corrected chi connectivity index (χ2v) is 6.45. The molecule has 1 N–H and O–H groups in total. The summed E-state index contributed by atoms with van der Waals surface area (Å²) >= 11 is 0. The van der Waals surface area contributed by atoms with Crippen molar-refractivity contribution in [1.82, 2.24) is 10.2 Å². The number of nitrogens with one attached hydrogen (secondary N) is 1. The molecule has 0 radical (unpaired) electrons. The van der Waals surface area contributed by atoms with E-state index >= 15 is 0 Å². The molecule has 2 fully saturated rings. The van der Waals surface area contributed by atoms with E-state index in [0.717, 1.165) is 43.9 Å². The molecule has 2 unspecified atom stereocenters. The third-order valence-electron chi connectivity index (χ3n) is 4.95. The highest BCUT2D eigenvalue weighted by Crippen LogP contribution is 2.42. The molecular weight excluding hydrogens is 309 g/mol. The van der Waals surface area contributed by atoms with E-state index in [1.807, 2.05) is 12.1 Å². The number of carbonyl (C=O) groups excluding carboxylic acids is 1. The maximum absolute atomic E-state index is 13.9. The predicted molar refractivity (Wildman–Crippen MR) is 90.4 cm³/mol. The number of aliphatic imine (C=N–C) groups is 1. The number of halogens is 1. The van der Waals surface area contributed by atoms with Gasteiger partial charge in [-0.1, -0.05) is 18.2 Å². The van der Waals surface area contributed by atoms with Gasteiger partial charge in [-0.05, 0) is 30.9 Å². The Morgan fingerprint density at radius 1 is 1.33 bits per heavy atom. The molecule has 1 saturated carbocycles. The minimum absolute atomic E-state index is 0.0172. The zero-order valence-electron chi connectivity index (χ0n) is 14.2. The Hall–Kier alpha value is -2.11. The monoisotopic (exact) mass is 333 g/mol. The number of rotatable bonds is 3. The molecule has 24 heavy (non-hydrogen) atoms. The van der Waals surface area contributed by atoms with Crippen LogP contribution in [0.1, 0.15) is 30.7 Å². The van der Waals surface area contributed by atoms with Crippen LogP contribution in [0.25, 0.3) is 0 Å². The van der Waals surface area contributed by atoms with E-state index in [-0.39, 0.29) is 29.7 Å². The molecule has 6 heteroatoms. The molecule has 1 aliphatic heterocycles. The second-order valence-electron chi connectivity index (χ2n) is 6.45. The molecule has 2 atom stereocenters. The van der Waals surface area contributed by atoms with Crippen LogP contribution in [0.4, 0.5) is 4.39 Å². The maximum Gasteiger partial charge on any atom is 0.308 e. The van der Waals surface area contributed by atoms with Crippen molar-refractivity contribution in [2.24, 2.45) is 10.9 Å². The number of likely N-dealkylation sites (tertiary alicyclic amines) is 1. The quantitative estimate of drug-likeness (QED) is 0.523. The van der Waals surface area contributed by atoms with Crippen molar-refractivity contribution in [2.75, 3.05) is 27.2 Å². The van der Waals surface area contributed by atoms with Gasteiger partial charge in [-0.25, -0.2) is 4.39 Å². The number of hydrogen-bond acceptors (Lipinski definition) is 3. The Balaban J connectivity index is 1.54. The summed E-state index contributed by atoms with van der Waals surface area (Å²) in [5.41, 5.74) is 0.773. The highest BCUT2D eigenvalue weighted by atomic mass is 19.1. The van der Waals surface area contributed by atoms with Crippen LogP contribution in [0.5, 0.6) is 0 Å². The van der Waals surface area contributed by atoms with Crippen molar-refractivity contribution in [3.8, 4) is 0 Å². The van der Waals surface area contributed by atoms with Gasteiger partial charge in [-0.15, -0.1) is 0 Å². The maximum atomic E-state index is 13.9. The summed E-state index contributed by atoms with van der Waals surface area (Å²) in [7, 11) is 3.19. The van der Waals surface area contributed by atoms with E-state index in [2.05, 4.69) is 15.2 Å². The molecule has 0 amide bonds. The van der Waals surface area contributed by atoms with E-state index in [0.29, 0.717) is 0 Å². The summed E-state index contributed by atoms with van der Waals surface area (Å²) in [6.07, 6.45) is 2.46. The van der Waals surface area contributed by atoms with Gasteiger partial charge in [0.2, 0.25) is 0 Å². The van der Waals surface area contributed by atoms with Crippen molar-refractivity contribution in [1.29, 1.82) is 0 Å². The molecule has 1 heterocycles. The first kappa shape index (κ1) is 16.7. The van der Waals surface area contributed by atoms with Crippen LogP contribution in [0.2, 0.25) is 0 Å². The Morgan fingerprint density at radius 2 is 2.04 bits per heavy atom. The van der Waals surface area contributed by atoms with Crippen LogP contribution in [-0.2, 0) is 9.53 Å². The fraction of sp³-hybridized carbons (Fsp3) is 0.556.